The Morgan fingerprint density at radius 2 is 1.87 bits per heavy atom. The zero-order valence-corrected chi connectivity index (χ0v) is 18.3. The highest BCUT2D eigenvalue weighted by molar-refractivity contribution is 5.88. The van der Waals surface area contributed by atoms with Gasteiger partial charge >= 0.3 is 0 Å². The van der Waals surface area contributed by atoms with E-state index in [2.05, 4.69) is 30.1 Å². The first-order chi connectivity index (χ1) is 14.6. The molecule has 2 aromatic carbocycles. The summed E-state index contributed by atoms with van der Waals surface area (Å²) in [4.78, 5) is 18.3. The second-order valence-electron chi connectivity index (χ2n) is 8.36. The molecule has 0 spiro atoms. The van der Waals surface area contributed by atoms with Crippen LogP contribution in [0, 0.1) is 12.8 Å². The number of rotatable bonds is 4. The minimum Gasteiger partial charge on any atom is -0.487 e. The average Bonchev–Trinajstić information content (AvgIpc) is 3.61. The van der Waals surface area contributed by atoms with Crippen molar-refractivity contribution in [1.29, 1.82) is 0 Å². The number of amides is 1. The molecule has 1 aliphatic heterocycles. The molecule has 1 aromatic heterocycles. The van der Waals surface area contributed by atoms with Gasteiger partial charge in [0.2, 0.25) is 5.91 Å². The van der Waals surface area contributed by atoms with Crippen LogP contribution in [0.4, 0.5) is 4.39 Å². The summed E-state index contributed by atoms with van der Waals surface area (Å²) in [6.45, 7) is 2.79. The predicted molar refractivity (Wildman–Crippen MR) is 122 cm³/mol. The van der Waals surface area contributed by atoms with Gasteiger partial charge in [-0.15, -0.1) is 12.4 Å². The number of fused-ring (bicyclic) bond motifs is 1. The standard InChI is InChI=1S/C25H25FN2O2.ClH/c1-16-21(11-8-18-3-2-13-27-24(16)18)17-6-9-20(10-7-17)30-23-12-14-28(15-22(23)26)25(29)19-4-5-19;/h2-3,6-11,13,19,22-23H,4-5,12,14-15H2,1H3;1H/t22-,23-;/m1./s1. The lowest BCUT2D eigenvalue weighted by Gasteiger charge is -2.35. The number of likely N-dealkylation sites (tertiary alicyclic amines) is 1. The zero-order valence-electron chi connectivity index (χ0n) is 17.5. The number of benzene rings is 2. The first-order valence-corrected chi connectivity index (χ1v) is 10.6. The van der Waals surface area contributed by atoms with Crippen LogP contribution in [0.2, 0.25) is 0 Å². The fraction of sp³-hybridized carbons (Fsp3) is 0.360. The van der Waals surface area contributed by atoms with Crippen molar-refractivity contribution in [3.63, 3.8) is 0 Å². The minimum atomic E-state index is -1.16. The van der Waals surface area contributed by atoms with Gasteiger partial charge in [0.15, 0.2) is 6.17 Å². The lowest BCUT2D eigenvalue weighted by molar-refractivity contribution is -0.136. The van der Waals surface area contributed by atoms with Gasteiger partial charge in [-0.05, 0) is 54.7 Å². The van der Waals surface area contributed by atoms with Crippen molar-refractivity contribution in [2.24, 2.45) is 5.92 Å². The fourth-order valence-electron chi connectivity index (χ4n) is 4.30. The van der Waals surface area contributed by atoms with E-state index in [1.54, 1.807) is 4.90 Å². The number of aromatic nitrogens is 1. The highest BCUT2D eigenvalue weighted by atomic mass is 35.5. The number of carbonyl (C=O) groups excluding carboxylic acids is 1. The van der Waals surface area contributed by atoms with E-state index in [4.69, 9.17) is 4.74 Å². The van der Waals surface area contributed by atoms with E-state index in [0.29, 0.717) is 18.7 Å². The van der Waals surface area contributed by atoms with Gasteiger partial charge in [0.1, 0.15) is 11.9 Å². The average molecular weight is 441 g/mol. The molecule has 1 amide bonds. The molecular weight excluding hydrogens is 415 g/mol. The van der Waals surface area contributed by atoms with Crippen LogP contribution >= 0.6 is 12.4 Å². The molecule has 2 fully saturated rings. The molecular formula is C25H26ClFN2O2. The van der Waals surface area contributed by atoms with Crippen LogP contribution in [-0.4, -0.2) is 41.2 Å². The number of aryl methyl sites for hydroxylation is 1. The summed E-state index contributed by atoms with van der Waals surface area (Å²) in [5.74, 6) is 0.904. The van der Waals surface area contributed by atoms with E-state index in [1.807, 2.05) is 36.5 Å². The Bertz CT molecular complexity index is 1080. The topological polar surface area (TPSA) is 42.4 Å². The number of hydrogen-bond donors (Lipinski definition) is 0. The first-order valence-electron chi connectivity index (χ1n) is 10.6. The highest BCUT2D eigenvalue weighted by Crippen LogP contribution is 2.33. The normalized spacial score (nSPS) is 20.9. The molecule has 162 valence electrons. The molecule has 0 N–H and O–H groups in total. The summed E-state index contributed by atoms with van der Waals surface area (Å²) in [5, 5.41) is 1.12. The number of halogens is 2. The summed E-state index contributed by atoms with van der Waals surface area (Å²) >= 11 is 0. The number of carbonyl (C=O) groups is 1. The number of hydrogen-bond acceptors (Lipinski definition) is 3. The van der Waals surface area contributed by atoms with E-state index in [0.717, 1.165) is 40.4 Å². The van der Waals surface area contributed by atoms with Crippen molar-refractivity contribution in [1.82, 2.24) is 9.88 Å². The van der Waals surface area contributed by atoms with Gasteiger partial charge in [-0.3, -0.25) is 9.78 Å². The minimum absolute atomic E-state index is 0. The van der Waals surface area contributed by atoms with Crippen LogP contribution in [0.25, 0.3) is 22.0 Å². The van der Waals surface area contributed by atoms with Gasteiger partial charge in [-0.2, -0.15) is 0 Å². The number of pyridine rings is 1. The Labute approximate surface area is 187 Å². The molecule has 3 aromatic rings. The summed E-state index contributed by atoms with van der Waals surface area (Å²) in [6, 6.07) is 16.0. The summed E-state index contributed by atoms with van der Waals surface area (Å²) in [7, 11) is 0. The molecule has 0 radical (unpaired) electrons. The molecule has 5 rings (SSSR count). The molecule has 1 aliphatic carbocycles. The van der Waals surface area contributed by atoms with Crippen molar-refractivity contribution < 1.29 is 13.9 Å². The number of alkyl halides is 1. The Morgan fingerprint density at radius 3 is 2.58 bits per heavy atom. The van der Waals surface area contributed by atoms with Crippen LogP contribution in [0.1, 0.15) is 24.8 Å². The maximum atomic E-state index is 14.6. The second kappa shape index (κ2) is 8.83. The smallest absolute Gasteiger partial charge is 0.225 e. The van der Waals surface area contributed by atoms with Gasteiger partial charge in [0.05, 0.1) is 12.1 Å². The Hall–Kier alpha value is -2.66. The van der Waals surface area contributed by atoms with Crippen LogP contribution in [0.15, 0.2) is 54.7 Å². The molecule has 2 aliphatic rings. The number of ether oxygens (including phenoxy) is 1. The zero-order chi connectivity index (χ0) is 20.7. The molecule has 0 unspecified atom stereocenters. The Balaban J connectivity index is 0.00000231. The van der Waals surface area contributed by atoms with E-state index >= 15 is 0 Å². The molecule has 1 saturated carbocycles. The molecule has 4 nitrogen and oxygen atoms in total. The fourth-order valence-corrected chi connectivity index (χ4v) is 4.30. The maximum Gasteiger partial charge on any atom is 0.225 e. The van der Waals surface area contributed by atoms with E-state index in [-0.39, 0.29) is 30.8 Å². The molecule has 0 bridgehead atoms. The second-order valence-corrected chi connectivity index (χ2v) is 8.36. The van der Waals surface area contributed by atoms with Crippen molar-refractivity contribution in [2.45, 2.75) is 38.5 Å². The lowest BCUT2D eigenvalue weighted by Crippen LogP contribution is -2.49. The lowest BCUT2D eigenvalue weighted by atomic mass is 9.98. The summed E-state index contributed by atoms with van der Waals surface area (Å²) in [6.07, 6.45) is 2.57. The molecule has 31 heavy (non-hydrogen) atoms. The quantitative estimate of drug-likeness (QED) is 0.548. The third-order valence-electron chi connectivity index (χ3n) is 6.20. The number of nitrogens with zero attached hydrogens (tertiary/aromatic N) is 2. The monoisotopic (exact) mass is 440 g/mol. The highest BCUT2D eigenvalue weighted by Gasteiger charge is 2.38. The van der Waals surface area contributed by atoms with Gasteiger partial charge < -0.3 is 9.64 Å². The Kier molecular flexibility index (Phi) is 6.15. The van der Waals surface area contributed by atoms with E-state index in [1.165, 1.54) is 0 Å². The van der Waals surface area contributed by atoms with Crippen molar-refractivity contribution in [3.05, 3.63) is 60.3 Å². The number of piperidine rings is 1. The van der Waals surface area contributed by atoms with Crippen LogP contribution in [0.5, 0.6) is 5.75 Å². The van der Waals surface area contributed by atoms with E-state index in [9.17, 15) is 9.18 Å². The first kappa shape index (κ1) is 21.6. The predicted octanol–water partition coefficient (Wildman–Crippen LogP) is 5.36. The summed E-state index contributed by atoms with van der Waals surface area (Å²) < 4.78 is 20.6. The maximum absolute atomic E-state index is 14.6. The van der Waals surface area contributed by atoms with Crippen LogP contribution < -0.4 is 4.74 Å². The van der Waals surface area contributed by atoms with Crippen molar-refractivity contribution in [3.8, 4) is 16.9 Å². The van der Waals surface area contributed by atoms with Gasteiger partial charge in [-0.1, -0.05) is 30.3 Å². The molecule has 6 heteroatoms. The molecule has 2 heterocycles. The Morgan fingerprint density at radius 1 is 1.10 bits per heavy atom. The van der Waals surface area contributed by atoms with Gasteiger partial charge in [0.25, 0.3) is 0 Å². The third-order valence-corrected chi connectivity index (χ3v) is 6.20. The largest absolute Gasteiger partial charge is 0.487 e. The van der Waals surface area contributed by atoms with Crippen LogP contribution in [-0.2, 0) is 4.79 Å². The van der Waals surface area contributed by atoms with E-state index < -0.39 is 12.3 Å². The molecule has 1 saturated heterocycles. The van der Waals surface area contributed by atoms with Crippen LogP contribution in [0.3, 0.4) is 0 Å². The summed E-state index contributed by atoms with van der Waals surface area (Å²) in [5.41, 5.74) is 4.35. The van der Waals surface area contributed by atoms with Gasteiger partial charge in [-0.25, -0.2) is 4.39 Å². The third kappa shape index (κ3) is 4.38. The van der Waals surface area contributed by atoms with Crippen molar-refractivity contribution in [2.75, 3.05) is 13.1 Å². The SMILES string of the molecule is Cc1c(-c2ccc(O[C@@H]3CCN(C(=O)C4CC4)C[C@H]3F)cc2)ccc2cccnc12.Cl. The van der Waals surface area contributed by atoms with Crippen molar-refractivity contribution >= 4 is 29.2 Å². The molecule has 2 atom stereocenters. The van der Waals surface area contributed by atoms with Gasteiger partial charge in [0, 0.05) is 30.5 Å².